The molecule has 0 aliphatic carbocycles. The van der Waals surface area contributed by atoms with Crippen LogP contribution >= 0.6 is 0 Å². The van der Waals surface area contributed by atoms with Crippen molar-refractivity contribution < 1.29 is 22.4 Å². The van der Waals surface area contributed by atoms with Gasteiger partial charge in [0.15, 0.2) is 0 Å². The van der Waals surface area contributed by atoms with E-state index >= 15 is 0 Å². The summed E-state index contributed by atoms with van der Waals surface area (Å²) in [5, 5.41) is 2.98. The van der Waals surface area contributed by atoms with Crippen molar-refractivity contribution in [2.75, 3.05) is 18.0 Å². The van der Waals surface area contributed by atoms with E-state index < -0.39 is 11.7 Å². The van der Waals surface area contributed by atoms with E-state index in [1.807, 2.05) is 4.90 Å². The second kappa shape index (κ2) is 8.58. The first-order valence-corrected chi connectivity index (χ1v) is 9.13. The molecule has 1 aromatic carbocycles. The number of amides is 1. The molecule has 1 N–H and O–H groups in total. The Balaban J connectivity index is 1.44. The van der Waals surface area contributed by atoms with Gasteiger partial charge in [0.1, 0.15) is 11.6 Å². The van der Waals surface area contributed by atoms with Crippen LogP contribution in [0.3, 0.4) is 0 Å². The largest absolute Gasteiger partial charge is 0.417 e. The van der Waals surface area contributed by atoms with Gasteiger partial charge in [0.05, 0.1) is 5.56 Å². The minimum atomic E-state index is -4.39. The number of anilines is 1. The van der Waals surface area contributed by atoms with E-state index in [9.17, 15) is 22.4 Å². The standard InChI is InChI=1S/C20H21F4N3O/c21-16-3-1-2-14(12-16)4-7-19(28)26-17-8-10-27(11-9-17)18-6-5-15(13-25-18)20(22,23)24/h1-3,5-6,12-13,17H,4,7-11H2,(H,26,28). The van der Waals surface area contributed by atoms with Crippen LogP contribution in [0.4, 0.5) is 23.4 Å². The summed E-state index contributed by atoms with van der Waals surface area (Å²) in [7, 11) is 0. The van der Waals surface area contributed by atoms with Crippen molar-refractivity contribution in [3.05, 3.63) is 59.5 Å². The second-order valence-electron chi connectivity index (χ2n) is 6.86. The number of hydrogen-bond donors (Lipinski definition) is 1. The van der Waals surface area contributed by atoms with Gasteiger partial charge in [-0.1, -0.05) is 12.1 Å². The number of hydrogen-bond acceptors (Lipinski definition) is 3. The zero-order valence-electron chi connectivity index (χ0n) is 15.2. The molecule has 0 unspecified atom stereocenters. The monoisotopic (exact) mass is 395 g/mol. The topological polar surface area (TPSA) is 45.2 Å². The Morgan fingerprint density at radius 1 is 1.18 bits per heavy atom. The highest BCUT2D eigenvalue weighted by Gasteiger charge is 2.31. The maximum absolute atomic E-state index is 13.2. The van der Waals surface area contributed by atoms with Crippen molar-refractivity contribution in [3.63, 3.8) is 0 Å². The van der Waals surface area contributed by atoms with E-state index in [1.165, 1.54) is 18.2 Å². The van der Waals surface area contributed by atoms with Crippen LogP contribution in [0, 0.1) is 5.82 Å². The smallest absolute Gasteiger partial charge is 0.356 e. The number of nitrogens with zero attached hydrogens (tertiary/aromatic N) is 2. The molecule has 1 saturated heterocycles. The van der Waals surface area contributed by atoms with Gasteiger partial charge in [-0.05, 0) is 49.1 Å². The molecule has 1 aliphatic heterocycles. The van der Waals surface area contributed by atoms with Gasteiger partial charge in [-0.15, -0.1) is 0 Å². The molecule has 1 aliphatic rings. The molecule has 28 heavy (non-hydrogen) atoms. The van der Waals surface area contributed by atoms with Gasteiger partial charge in [-0.2, -0.15) is 13.2 Å². The summed E-state index contributed by atoms with van der Waals surface area (Å²) in [6.45, 7) is 1.21. The Bertz CT molecular complexity index is 800. The zero-order valence-corrected chi connectivity index (χ0v) is 15.2. The Morgan fingerprint density at radius 2 is 1.93 bits per heavy atom. The van der Waals surface area contributed by atoms with E-state index in [0.717, 1.165) is 17.8 Å². The fraction of sp³-hybridized carbons (Fsp3) is 0.400. The predicted octanol–water partition coefficient (Wildman–Crippen LogP) is 3.96. The highest BCUT2D eigenvalue weighted by atomic mass is 19.4. The van der Waals surface area contributed by atoms with E-state index in [4.69, 9.17) is 0 Å². The number of alkyl halides is 3. The molecule has 0 spiro atoms. The number of nitrogens with one attached hydrogen (secondary N) is 1. The number of carbonyl (C=O) groups is 1. The summed E-state index contributed by atoms with van der Waals surface area (Å²) < 4.78 is 51.0. The molecule has 0 saturated carbocycles. The Labute approximate surface area is 160 Å². The quantitative estimate of drug-likeness (QED) is 0.780. The summed E-state index contributed by atoms with van der Waals surface area (Å²) in [4.78, 5) is 17.9. The highest BCUT2D eigenvalue weighted by Crippen LogP contribution is 2.29. The maximum atomic E-state index is 13.2. The van der Waals surface area contributed by atoms with Gasteiger partial charge < -0.3 is 10.2 Å². The molecular formula is C20H21F4N3O. The fourth-order valence-corrected chi connectivity index (χ4v) is 3.24. The normalized spacial score (nSPS) is 15.5. The number of rotatable bonds is 5. The first-order valence-electron chi connectivity index (χ1n) is 9.13. The van der Waals surface area contributed by atoms with Crippen LogP contribution in [0.2, 0.25) is 0 Å². The van der Waals surface area contributed by atoms with Crippen LogP contribution in [0.1, 0.15) is 30.4 Å². The molecule has 4 nitrogen and oxygen atoms in total. The third kappa shape index (κ3) is 5.43. The summed E-state index contributed by atoms with van der Waals surface area (Å²) in [5.74, 6) is 0.0985. The van der Waals surface area contributed by atoms with Gasteiger partial charge in [-0.3, -0.25) is 4.79 Å². The van der Waals surface area contributed by atoms with Crippen LogP contribution in [0.5, 0.6) is 0 Å². The van der Waals surface area contributed by atoms with Gasteiger partial charge in [-0.25, -0.2) is 9.37 Å². The third-order valence-electron chi connectivity index (χ3n) is 4.79. The number of carbonyl (C=O) groups excluding carboxylic acids is 1. The van der Waals surface area contributed by atoms with Gasteiger partial charge in [0.2, 0.25) is 5.91 Å². The molecule has 1 amide bonds. The second-order valence-corrected chi connectivity index (χ2v) is 6.86. The van der Waals surface area contributed by atoms with E-state index in [0.29, 0.717) is 38.2 Å². The minimum absolute atomic E-state index is 0.0192. The van der Waals surface area contributed by atoms with E-state index in [1.54, 1.807) is 12.1 Å². The predicted molar refractivity (Wildman–Crippen MR) is 97.3 cm³/mol. The molecule has 1 fully saturated rings. The minimum Gasteiger partial charge on any atom is -0.356 e. The molecule has 2 aromatic rings. The summed E-state index contributed by atoms with van der Waals surface area (Å²) in [5.41, 5.74) is 0.00930. The van der Waals surface area contributed by atoms with Crippen molar-refractivity contribution >= 4 is 11.7 Å². The number of benzene rings is 1. The Hall–Kier alpha value is -2.64. The van der Waals surface area contributed by atoms with Crippen LogP contribution in [0.25, 0.3) is 0 Å². The maximum Gasteiger partial charge on any atom is 0.417 e. The first kappa shape index (κ1) is 20.1. The number of aromatic nitrogens is 1. The summed E-state index contributed by atoms with van der Waals surface area (Å²) >= 11 is 0. The van der Waals surface area contributed by atoms with E-state index in [-0.39, 0.29) is 24.2 Å². The van der Waals surface area contributed by atoms with Crippen LogP contribution < -0.4 is 10.2 Å². The molecule has 150 valence electrons. The molecule has 0 radical (unpaired) electrons. The lowest BCUT2D eigenvalue weighted by Crippen LogP contribution is -2.45. The first-order chi connectivity index (χ1) is 13.3. The lowest BCUT2D eigenvalue weighted by atomic mass is 10.0. The molecule has 3 rings (SSSR count). The van der Waals surface area contributed by atoms with Crippen LogP contribution in [-0.4, -0.2) is 30.0 Å². The van der Waals surface area contributed by atoms with Gasteiger partial charge in [0, 0.05) is 31.7 Å². The Kier molecular flexibility index (Phi) is 6.16. The SMILES string of the molecule is O=C(CCc1cccc(F)c1)NC1CCN(c2ccc(C(F)(F)F)cn2)CC1. The zero-order chi connectivity index (χ0) is 20.1. The lowest BCUT2D eigenvalue weighted by Gasteiger charge is -2.33. The average molecular weight is 395 g/mol. The van der Waals surface area contributed by atoms with Crippen molar-refractivity contribution in [2.24, 2.45) is 0 Å². The van der Waals surface area contributed by atoms with Gasteiger partial charge in [0.25, 0.3) is 0 Å². The molecule has 8 heteroatoms. The summed E-state index contributed by atoms with van der Waals surface area (Å²) in [6, 6.07) is 8.61. The number of piperidine rings is 1. The average Bonchev–Trinajstić information content (AvgIpc) is 2.67. The lowest BCUT2D eigenvalue weighted by molar-refractivity contribution is -0.137. The number of pyridine rings is 1. The van der Waals surface area contributed by atoms with E-state index in [2.05, 4.69) is 10.3 Å². The summed E-state index contributed by atoms with van der Waals surface area (Å²) in [6.07, 6.45) is -1.42. The Morgan fingerprint density at radius 3 is 2.54 bits per heavy atom. The molecule has 1 aromatic heterocycles. The number of halogens is 4. The molecular weight excluding hydrogens is 374 g/mol. The van der Waals surface area contributed by atoms with Crippen molar-refractivity contribution in [3.8, 4) is 0 Å². The molecule has 0 atom stereocenters. The fourth-order valence-electron chi connectivity index (χ4n) is 3.24. The molecule has 0 bridgehead atoms. The van der Waals surface area contributed by atoms with Crippen molar-refractivity contribution in [1.82, 2.24) is 10.3 Å². The number of aryl methyl sites for hydroxylation is 1. The molecule has 2 heterocycles. The van der Waals surface area contributed by atoms with Gasteiger partial charge >= 0.3 is 6.18 Å². The van der Waals surface area contributed by atoms with Crippen LogP contribution in [-0.2, 0) is 17.4 Å². The van der Waals surface area contributed by atoms with Crippen LogP contribution in [0.15, 0.2) is 42.6 Å². The highest BCUT2D eigenvalue weighted by molar-refractivity contribution is 5.76. The third-order valence-corrected chi connectivity index (χ3v) is 4.79. The van der Waals surface area contributed by atoms with Crippen molar-refractivity contribution in [2.45, 2.75) is 37.9 Å². The van der Waals surface area contributed by atoms with Crippen molar-refractivity contribution in [1.29, 1.82) is 0 Å².